The van der Waals surface area contributed by atoms with E-state index < -0.39 is 6.04 Å². The minimum Gasteiger partial charge on any atom is -0.484 e. The fraction of sp³-hybridized carbons (Fsp3) is 0.391. The summed E-state index contributed by atoms with van der Waals surface area (Å²) >= 11 is 3.38. The highest BCUT2D eigenvalue weighted by atomic mass is 79.9. The van der Waals surface area contributed by atoms with Gasteiger partial charge < -0.3 is 15.0 Å². The number of ether oxygens (including phenoxy) is 1. The molecular formula is C23H29BrN2O3. The van der Waals surface area contributed by atoms with Gasteiger partial charge in [0.25, 0.3) is 5.91 Å². The number of rotatable bonds is 9. The van der Waals surface area contributed by atoms with E-state index in [1.54, 1.807) is 24.0 Å². The van der Waals surface area contributed by atoms with Gasteiger partial charge in [0.05, 0.1) is 0 Å². The molecule has 0 aliphatic rings. The molecule has 0 aliphatic carbocycles. The number of halogens is 1. The first-order chi connectivity index (χ1) is 13.8. The maximum absolute atomic E-state index is 13.0. The number of hydrogen-bond acceptors (Lipinski definition) is 3. The van der Waals surface area contributed by atoms with Crippen molar-refractivity contribution in [1.82, 2.24) is 10.2 Å². The summed E-state index contributed by atoms with van der Waals surface area (Å²) in [5, 5.41) is 2.92. The van der Waals surface area contributed by atoms with Crippen LogP contribution in [0.5, 0.6) is 5.75 Å². The lowest BCUT2D eigenvalue weighted by Gasteiger charge is -2.29. The Morgan fingerprint density at radius 1 is 1.07 bits per heavy atom. The van der Waals surface area contributed by atoms with Gasteiger partial charge in [-0.1, -0.05) is 54.0 Å². The van der Waals surface area contributed by atoms with Crippen molar-refractivity contribution in [3.8, 4) is 5.75 Å². The summed E-state index contributed by atoms with van der Waals surface area (Å²) in [6.07, 6.45) is 0. The van der Waals surface area contributed by atoms with Crippen LogP contribution in [0.2, 0.25) is 0 Å². The third kappa shape index (κ3) is 7.20. The highest BCUT2D eigenvalue weighted by Crippen LogP contribution is 2.17. The minimum absolute atomic E-state index is 0.130. The minimum atomic E-state index is -0.602. The zero-order valence-electron chi connectivity index (χ0n) is 17.4. The first kappa shape index (κ1) is 22.9. The molecule has 0 aromatic heterocycles. The predicted octanol–water partition coefficient (Wildman–Crippen LogP) is 4.33. The maximum atomic E-state index is 13.0. The van der Waals surface area contributed by atoms with Crippen molar-refractivity contribution in [1.29, 1.82) is 0 Å². The van der Waals surface area contributed by atoms with Gasteiger partial charge in [-0.15, -0.1) is 0 Å². The van der Waals surface area contributed by atoms with E-state index in [-0.39, 0.29) is 18.4 Å². The van der Waals surface area contributed by atoms with Crippen LogP contribution in [-0.4, -0.2) is 35.9 Å². The maximum Gasteiger partial charge on any atom is 0.261 e. The van der Waals surface area contributed by atoms with E-state index in [1.807, 2.05) is 57.2 Å². The van der Waals surface area contributed by atoms with Crippen molar-refractivity contribution in [3.05, 3.63) is 64.1 Å². The second-order valence-corrected chi connectivity index (χ2v) is 8.42. The Morgan fingerprint density at radius 3 is 2.34 bits per heavy atom. The van der Waals surface area contributed by atoms with Gasteiger partial charge >= 0.3 is 0 Å². The average Bonchev–Trinajstić information content (AvgIpc) is 2.70. The molecule has 6 heteroatoms. The van der Waals surface area contributed by atoms with E-state index in [2.05, 4.69) is 21.2 Å². The van der Waals surface area contributed by atoms with Crippen LogP contribution in [0, 0.1) is 12.8 Å². The molecule has 5 nitrogen and oxygen atoms in total. The van der Waals surface area contributed by atoms with Crippen molar-refractivity contribution < 1.29 is 14.3 Å². The molecule has 1 unspecified atom stereocenters. The Bertz CT molecular complexity index is 821. The highest BCUT2D eigenvalue weighted by Gasteiger charge is 2.26. The monoisotopic (exact) mass is 460 g/mol. The largest absolute Gasteiger partial charge is 0.484 e. The fourth-order valence-electron chi connectivity index (χ4n) is 2.76. The van der Waals surface area contributed by atoms with Gasteiger partial charge in [0.2, 0.25) is 5.91 Å². The summed E-state index contributed by atoms with van der Waals surface area (Å²) < 4.78 is 6.59. The first-order valence-electron chi connectivity index (χ1n) is 9.78. The van der Waals surface area contributed by atoms with E-state index in [0.717, 1.165) is 15.6 Å². The number of carbonyl (C=O) groups excluding carboxylic acids is 2. The second kappa shape index (κ2) is 11.0. The lowest BCUT2D eigenvalue weighted by Crippen LogP contribution is -2.49. The van der Waals surface area contributed by atoms with Crippen molar-refractivity contribution in [2.75, 3.05) is 13.2 Å². The Hall–Kier alpha value is -2.34. The number of carbonyl (C=O) groups is 2. The van der Waals surface area contributed by atoms with E-state index >= 15 is 0 Å². The molecule has 2 amide bonds. The van der Waals surface area contributed by atoms with E-state index in [1.165, 1.54) is 0 Å². The quantitative estimate of drug-likeness (QED) is 0.605. The molecule has 0 heterocycles. The first-order valence-corrected chi connectivity index (χ1v) is 10.6. The number of aryl methyl sites for hydroxylation is 1. The summed E-state index contributed by atoms with van der Waals surface area (Å²) in [5.41, 5.74) is 2.09. The third-order valence-electron chi connectivity index (χ3n) is 4.63. The van der Waals surface area contributed by atoms with Crippen molar-refractivity contribution in [2.45, 2.75) is 40.3 Å². The van der Waals surface area contributed by atoms with E-state index in [4.69, 9.17) is 4.74 Å². The van der Waals surface area contributed by atoms with Gasteiger partial charge in [0.1, 0.15) is 11.8 Å². The molecule has 0 spiro atoms. The van der Waals surface area contributed by atoms with E-state index in [0.29, 0.717) is 24.8 Å². The molecule has 1 atom stereocenters. The van der Waals surface area contributed by atoms with Crippen LogP contribution < -0.4 is 10.1 Å². The number of benzene rings is 2. The second-order valence-electron chi connectivity index (χ2n) is 7.51. The zero-order valence-corrected chi connectivity index (χ0v) is 19.0. The number of hydrogen-bond donors (Lipinski definition) is 1. The predicted molar refractivity (Wildman–Crippen MR) is 119 cm³/mol. The van der Waals surface area contributed by atoms with Gasteiger partial charge in [0, 0.05) is 17.6 Å². The number of amides is 2. The summed E-state index contributed by atoms with van der Waals surface area (Å²) in [6, 6.07) is 14.6. The van der Waals surface area contributed by atoms with Crippen molar-refractivity contribution in [2.24, 2.45) is 5.92 Å². The van der Waals surface area contributed by atoms with Gasteiger partial charge in [-0.3, -0.25) is 9.59 Å². The van der Waals surface area contributed by atoms with Gasteiger partial charge in [-0.05, 0) is 55.2 Å². The third-order valence-corrected chi connectivity index (χ3v) is 5.16. The van der Waals surface area contributed by atoms with Crippen molar-refractivity contribution >= 4 is 27.7 Å². The summed E-state index contributed by atoms with van der Waals surface area (Å²) in [7, 11) is 0. The van der Waals surface area contributed by atoms with Crippen LogP contribution in [0.4, 0.5) is 0 Å². The van der Waals surface area contributed by atoms with Crippen molar-refractivity contribution in [3.63, 3.8) is 0 Å². The lowest BCUT2D eigenvalue weighted by molar-refractivity contribution is -0.142. The number of nitrogens with one attached hydrogen (secondary N) is 1. The molecule has 0 saturated carbocycles. The molecule has 1 N–H and O–H groups in total. The highest BCUT2D eigenvalue weighted by molar-refractivity contribution is 9.10. The van der Waals surface area contributed by atoms with Crippen LogP contribution >= 0.6 is 15.9 Å². The normalized spacial score (nSPS) is 11.8. The van der Waals surface area contributed by atoms with Crippen LogP contribution in [0.15, 0.2) is 53.0 Å². The Morgan fingerprint density at radius 2 is 1.72 bits per heavy atom. The molecule has 0 aliphatic heterocycles. The molecule has 29 heavy (non-hydrogen) atoms. The van der Waals surface area contributed by atoms with Gasteiger partial charge in [-0.2, -0.15) is 0 Å². The smallest absolute Gasteiger partial charge is 0.261 e. The molecular weight excluding hydrogens is 432 g/mol. The molecule has 0 radical (unpaired) electrons. The topological polar surface area (TPSA) is 58.6 Å². The van der Waals surface area contributed by atoms with E-state index in [9.17, 15) is 9.59 Å². The van der Waals surface area contributed by atoms with Crippen LogP contribution in [-0.2, 0) is 16.1 Å². The van der Waals surface area contributed by atoms with Gasteiger partial charge in [0.15, 0.2) is 6.61 Å². The van der Waals surface area contributed by atoms with Crippen LogP contribution in [0.25, 0.3) is 0 Å². The van der Waals surface area contributed by atoms with Crippen LogP contribution in [0.1, 0.15) is 31.9 Å². The summed E-state index contributed by atoms with van der Waals surface area (Å²) in [6.45, 7) is 8.62. The molecule has 156 valence electrons. The SMILES string of the molecule is Cc1ccccc1CN(C(=O)COc1ccc(Br)cc1)C(C)C(=O)NCC(C)C. The standard InChI is InChI=1S/C23H29BrN2O3/c1-16(2)13-25-23(28)18(4)26(14-19-8-6-5-7-17(19)3)22(27)15-29-21-11-9-20(24)10-12-21/h5-12,16,18H,13-15H2,1-4H3,(H,25,28). The van der Waals surface area contributed by atoms with Gasteiger partial charge in [-0.25, -0.2) is 0 Å². The Labute approximate surface area is 181 Å². The Kier molecular flexibility index (Phi) is 8.70. The lowest BCUT2D eigenvalue weighted by atomic mass is 10.1. The van der Waals surface area contributed by atoms with Crippen LogP contribution in [0.3, 0.4) is 0 Å². The molecule has 0 saturated heterocycles. The Balaban J connectivity index is 2.13. The molecule has 2 rings (SSSR count). The molecule has 0 bridgehead atoms. The molecule has 2 aromatic carbocycles. The molecule has 0 fully saturated rings. The number of nitrogens with zero attached hydrogens (tertiary/aromatic N) is 1. The average molecular weight is 461 g/mol. The summed E-state index contributed by atoms with van der Waals surface area (Å²) in [5.74, 6) is 0.550. The molecule has 2 aromatic rings. The fourth-order valence-corrected chi connectivity index (χ4v) is 3.03. The summed E-state index contributed by atoms with van der Waals surface area (Å²) in [4.78, 5) is 27.2. The zero-order chi connectivity index (χ0) is 21.4.